The smallest absolute Gasteiger partial charge is 0.277 e. The van der Waals surface area contributed by atoms with Crippen LogP contribution < -0.4 is 15.4 Å². The molecule has 2 amide bonds. The summed E-state index contributed by atoms with van der Waals surface area (Å²) in [6.07, 6.45) is 0. The van der Waals surface area contributed by atoms with Crippen LogP contribution >= 0.6 is 0 Å². The number of carbonyl (C=O) groups excluding carboxylic acids is 2. The molecule has 0 aliphatic carbocycles. The largest absolute Gasteiger partial charge is 0.484 e. The van der Waals surface area contributed by atoms with Gasteiger partial charge in [0, 0.05) is 23.9 Å². The van der Waals surface area contributed by atoms with Crippen molar-refractivity contribution in [1.82, 2.24) is 10.5 Å². The van der Waals surface area contributed by atoms with Crippen molar-refractivity contribution in [2.45, 2.75) is 6.92 Å². The van der Waals surface area contributed by atoms with Gasteiger partial charge in [-0.3, -0.25) is 9.59 Å². The minimum atomic E-state index is -0.378. The van der Waals surface area contributed by atoms with Crippen LogP contribution in [-0.4, -0.2) is 30.1 Å². The van der Waals surface area contributed by atoms with Gasteiger partial charge < -0.3 is 19.9 Å². The monoisotopic (exact) mass is 365 g/mol. The summed E-state index contributed by atoms with van der Waals surface area (Å²) in [6, 6.07) is 17.7. The molecule has 3 aromatic rings. The second-order valence-electron chi connectivity index (χ2n) is 5.66. The van der Waals surface area contributed by atoms with Crippen LogP contribution in [0.3, 0.4) is 0 Å². The number of nitrogens with zero attached hydrogens (tertiary/aromatic N) is 1. The summed E-state index contributed by atoms with van der Waals surface area (Å²) in [5, 5.41) is 9.20. The lowest BCUT2D eigenvalue weighted by Gasteiger charge is -2.07. The average Bonchev–Trinajstić information content (AvgIpc) is 3.19. The number of hydrogen-bond acceptors (Lipinski definition) is 5. The third-order valence-electron chi connectivity index (χ3n) is 3.66. The Kier molecular flexibility index (Phi) is 5.84. The fraction of sp³-hybridized carbons (Fsp3) is 0.150. The number of hydrogen-bond donors (Lipinski definition) is 2. The Morgan fingerprint density at radius 2 is 1.81 bits per heavy atom. The van der Waals surface area contributed by atoms with Crippen molar-refractivity contribution < 1.29 is 18.8 Å². The van der Waals surface area contributed by atoms with Gasteiger partial charge in [-0.15, -0.1) is 0 Å². The summed E-state index contributed by atoms with van der Waals surface area (Å²) < 4.78 is 10.6. The van der Waals surface area contributed by atoms with Gasteiger partial charge in [0.25, 0.3) is 11.8 Å². The highest BCUT2D eigenvalue weighted by molar-refractivity contribution is 6.03. The molecule has 1 heterocycles. The molecule has 0 unspecified atom stereocenters. The molecule has 0 bridgehead atoms. The first-order valence-electron chi connectivity index (χ1n) is 8.48. The number of benzene rings is 2. The molecule has 2 aromatic carbocycles. The molecule has 0 atom stereocenters. The zero-order valence-corrected chi connectivity index (χ0v) is 14.8. The summed E-state index contributed by atoms with van der Waals surface area (Å²) in [4.78, 5) is 23.7. The van der Waals surface area contributed by atoms with Gasteiger partial charge in [0.15, 0.2) is 18.1 Å². The van der Waals surface area contributed by atoms with Crippen LogP contribution in [0, 0.1) is 0 Å². The number of anilines is 1. The van der Waals surface area contributed by atoms with E-state index in [1.165, 1.54) is 0 Å². The molecule has 27 heavy (non-hydrogen) atoms. The number of amides is 2. The Morgan fingerprint density at radius 3 is 2.52 bits per heavy atom. The maximum Gasteiger partial charge on any atom is 0.277 e. The predicted molar refractivity (Wildman–Crippen MR) is 101 cm³/mol. The summed E-state index contributed by atoms with van der Waals surface area (Å²) in [5.41, 5.74) is 1.61. The molecular formula is C20H19N3O4. The Hall–Kier alpha value is -3.61. The minimum absolute atomic E-state index is 0.0548. The number of ether oxygens (including phenoxy) is 1. The number of carbonyl (C=O) groups is 2. The van der Waals surface area contributed by atoms with E-state index in [0.717, 1.165) is 5.56 Å². The molecule has 0 saturated carbocycles. The zero-order valence-electron chi connectivity index (χ0n) is 14.8. The lowest BCUT2D eigenvalue weighted by atomic mass is 10.1. The molecule has 138 valence electrons. The van der Waals surface area contributed by atoms with Crippen molar-refractivity contribution in [3.63, 3.8) is 0 Å². The van der Waals surface area contributed by atoms with Crippen LogP contribution in [0.4, 0.5) is 5.69 Å². The standard InChI is InChI=1S/C20H19N3O4/c1-2-21-19(24)13-26-16-10-8-15(9-11-16)22-20(25)17-12-18(27-23-17)14-6-4-3-5-7-14/h3-12H,2,13H2,1H3,(H,21,24)(H,22,25). The third-order valence-corrected chi connectivity index (χ3v) is 3.66. The normalized spacial score (nSPS) is 10.3. The summed E-state index contributed by atoms with van der Waals surface area (Å²) >= 11 is 0. The molecule has 0 aliphatic rings. The average molecular weight is 365 g/mol. The van der Waals surface area contributed by atoms with E-state index in [9.17, 15) is 9.59 Å². The van der Waals surface area contributed by atoms with Gasteiger partial charge in [-0.2, -0.15) is 0 Å². The molecular weight excluding hydrogens is 346 g/mol. The SMILES string of the molecule is CCNC(=O)COc1ccc(NC(=O)c2cc(-c3ccccc3)on2)cc1. The van der Waals surface area contributed by atoms with Crippen molar-refractivity contribution in [3.8, 4) is 17.1 Å². The lowest BCUT2D eigenvalue weighted by Crippen LogP contribution is -2.28. The minimum Gasteiger partial charge on any atom is -0.484 e. The lowest BCUT2D eigenvalue weighted by molar-refractivity contribution is -0.122. The molecule has 2 N–H and O–H groups in total. The Morgan fingerprint density at radius 1 is 1.07 bits per heavy atom. The van der Waals surface area contributed by atoms with E-state index in [-0.39, 0.29) is 24.1 Å². The highest BCUT2D eigenvalue weighted by atomic mass is 16.5. The van der Waals surface area contributed by atoms with Crippen LogP contribution in [0.2, 0.25) is 0 Å². The van der Waals surface area contributed by atoms with Gasteiger partial charge >= 0.3 is 0 Å². The zero-order chi connectivity index (χ0) is 19.1. The van der Waals surface area contributed by atoms with E-state index in [1.54, 1.807) is 30.3 Å². The van der Waals surface area contributed by atoms with Gasteiger partial charge in [0.2, 0.25) is 0 Å². The molecule has 3 rings (SSSR count). The molecule has 1 aromatic heterocycles. The maximum atomic E-state index is 12.3. The molecule has 0 radical (unpaired) electrons. The molecule has 7 nitrogen and oxygen atoms in total. The van der Waals surface area contributed by atoms with Gasteiger partial charge in [0.1, 0.15) is 5.75 Å². The molecule has 0 fully saturated rings. The number of nitrogens with one attached hydrogen (secondary N) is 2. The van der Waals surface area contributed by atoms with Gasteiger partial charge in [-0.05, 0) is 31.2 Å². The number of aromatic nitrogens is 1. The second-order valence-corrected chi connectivity index (χ2v) is 5.66. The van der Waals surface area contributed by atoms with Crippen molar-refractivity contribution in [2.75, 3.05) is 18.5 Å². The van der Waals surface area contributed by atoms with Crippen molar-refractivity contribution in [2.24, 2.45) is 0 Å². The van der Waals surface area contributed by atoms with Crippen molar-refractivity contribution in [3.05, 3.63) is 66.4 Å². The van der Waals surface area contributed by atoms with E-state index in [4.69, 9.17) is 9.26 Å². The first-order valence-corrected chi connectivity index (χ1v) is 8.48. The van der Waals surface area contributed by atoms with E-state index in [1.807, 2.05) is 37.3 Å². The highest BCUT2D eigenvalue weighted by Crippen LogP contribution is 2.21. The van der Waals surface area contributed by atoms with Crippen LogP contribution in [0.1, 0.15) is 17.4 Å². The molecule has 0 saturated heterocycles. The van der Waals surface area contributed by atoms with Crippen LogP contribution in [0.15, 0.2) is 65.2 Å². The fourth-order valence-electron chi connectivity index (χ4n) is 2.35. The van der Waals surface area contributed by atoms with Crippen LogP contribution in [-0.2, 0) is 4.79 Å². The van der Waals surface area contributed by atoms with Gasteiger partial charge in [-0.1, -0.05) is 35.5 Å². The van der Waals surface area contributed by atoms with Crippen LogP contribution in [0.25, 0.3) is 11.3 Å². The molecule has 0 aliphatic heterocycles. The third kappa shape index (κ3) is 4.94. The summed E-state index contributed by atoms with van der Waals surface area (Å²) in [6.45, 7) is 2.34. The topological polar surface area (TPSA) is 93.5 Å². The summed E-state index contributed by atoms with van der Waals surface area (Å²) in [5.74, 6) is 0.494. The van der Waals surface area contributed by atoms with Crippen molar-refractivity contribution in [1.29, 1.82) is 0 Å². The first kappa shape index (κ1) is 18.2. The Balaban J connectivity index is 1.58. The summed E-state index contributed by atoms with van der Waals surface area (Å²) in [7, 11) is 0. The van der Waals surface area contributed by atoms with Gasteiger partial charge in [0.05, 0.1) is 0 Å². The number of rotatable bonds is 7. The quantitative estimate of drug-likeness (QED) is 0.671. The molecule has 0 spiro atoms. The van der Waals surface area contributed by atoms with E-state index in [0.29, 0.717) is 23.7 Å². The van der Waals surface area contributed by atoms with Gasteiger partial charge in [-0.25, -0.2) is 0 Å². The van der Waals surface area contributed by atoms with E-state index in [2.05, 4.69) is 15.8 Å². The Labute approximate surface area is 156 Å². The first-order chi connectivity index (χ1) is 13.2. The maximum absolute atomic E-state index is 12.3. The fourth-order valence-corrected chi connectivity index (χ4v) is 2.35. The van der Waals surface area contributed by atoms with E-state index < -0.39 is 0 Å². The van der Waals surface area contributed by atoms with E-state index >= 15 is 0 Å². The van der Waals surface area contributed by atoms with Crippen LogP contribution in [0.5, 0.6) is 5.75 Å². The molecule has 7 heteroatoms. The second kappa shape index (κ2) is 8.66. The number of likely N-dealkylation sites (N-methyl/N-ethyl adjacent to an activating group) is 1. The Bertz CT molecular complexity index is 904. The highest BCUT2D eigenvalue weighted by Gasteiger charge is 2.14. The predicted octanol–water partition coefficient (Wildman–Crippen LogP) is 3.11. The van der Waals surface area contributed by atoms with Crippen molar-refractivity contribution >= 4 is 17.5 Å².